The smallest absolute Gasteiger partial charge is 0.248 e. The van der Waals surface area contributed by atoms with Crippen LogP contribution in [0.1, 0.15) is 5.56 Å². The van der Waals surface area contributed by atoms with Gasteiger partial charge in [0.25, 0.3) is 0 Å². The van der Waals surface area contributed by atoms with E-state index in [1.807, 2.05) is 0 Å². The van der Waals surface area contributed by atoms with Crippen LogP contribution in [0.15, 0.2) is 42.5 Å². The van der Waals surface area contributed by atoms with Crippen LogP contribution in [0.3, 0.4) is 0 Å². The third-order valence-electron chi connectivity index (χ3n) is 2.56. The van der Waals surface area contributed by atoms with Gasteiger partial charge >= 0.3 is 0 Å². The van der Waals surface area contributed by atoms with Gasteiger partial charge in [-0.25, -0.2) is 8.78 Å². The summed E-state index contributed by atoms with van der Waals surface area (Å²) in [6.07, 6.45) is 2.71. The summed E-state index contributed by atoms with van der Waals surface area (Å²) in [6, 6.07) is 7.76. The zero-order valence-electron chi connectivity index (χ0n) is 10.5. The van der Waals surface area contributed by atoms with Gasteiger partial charge < -0.3 is 5.32 Å². The highest BCUT2D eigenvalue weighted by atomic mass is 35.5. The molecule has 2 nitrogen and oxygen atoms in total. The van der Waals surface area contributed by atoms with Gasteiger partial charge in [-0.05, 0) is 35.9 Å². The lowest BCUT2D eigenvalue weighted by molar-refractivity contribution is -0.111. The molecule has 2 aromatic carbocycles. The molecule has 2 rings (SSSR count). The van der Waals surface area contributed by atoms with Crippen molar-refractivity contribution in [3.63, 3.8) is 0 Å². The standard InChI is InChI=1S/C15H9Cl2F2NO/c16-11-4-1-9(7-12(11)17)2-6-15(21)20-14-5-3-10(18)8-13(14)19/h1-8H,(H,20,21)/b6-2+. The number of carbonyl (C=O) groups is 1. The first-order chi connectivity index (χ1) is 9.95. The lowest BCUT2D eigenvalue weighted by Gasteiger charge is -2.03. The number of benzene rings is 2. The van der Waals surface area contributed by atoms with Crippen LogP contribution in [0.5, 0.6) is 0 Å². The maximum absolute atomic E-state index is 13.4. The average molecular weight is 328 g/mol. The zero-order valence-corrected chi connectivity index (χ0v) is 12.1. The van der Waals surface area contributed by atoms with Crippen LogP contribution in [-0.2, 0) is 4.79 Å². The molecular formula is C15H9Cl2F2NO. The maximum Gasteiger partial charge on any atom is 0.248 e. The molecule has 0 spiro atoms. The highest BCUT2D eigenvalue weighted by Crippen LogP contribution is 2.23. The molecule has 0 unspecified atom stereocenters. The lowest BCUT2D eigenvalue weighted by atomic mass is 10.2. The number of hydrogen-bond acceptors (Lipinski definition) is 1. The molecule has 21 heavy (non-hydrogen) atoms. The molecule has 0 heterocycles. The molecule has 0 atom stereocenters. The van der Waals surface area contributed by atoms with E-state index in [0.29, 0.717) is 21.7 Å². The normalized spacial score (nSPS) is 10.9. The third kappa shape index (κ3) is 4.28. The monoisotopic (exact) mass is 327 g/mol. The lowest BCUT2D eigenvalue weighted by Crippen LogP contribution is -2.09. The van der Waals surface area contributed by atoms with Gasteiger partial charge in [0.15, 0.2) is 0 Å². The molecular weight excluding hydrogens is 319 g/mol. The Morgan fingerprint density at radius 2 is 1.81 bits per heavy atom. The number of anilines is 1. The van der Waals surface area contributed by atoms with Crippen molar-refractivity contribution in [3.05, 3.63) is 69.7 Å². The van der Waals surface area contributed by atoms with Crippen LogP contribution in [0.25, 0.3) is 6.08 Å². The molecule has 6 heteroatoms. The van der Waals surface area contributed by atoms with E-state index in [2.05, 4.69) is 5.32 Å². The minimum absolute atomic E-state index is 0.0970. The van der Waals surface area contributed by atoms with Gasteiger partial charge in [-0.2, -0.15) is 0 Å². The minimum Gasteiger partial charge on any atom is -0.320 e. The molecule has 0 saturated heterocycles. The van der Waals surface area contributed by atoms with E-state index >= 15 is 0 Å². The number of hydrogen-bond donors (Lipinski definition) is 1. The van der Waals surface area contributed by atoms with E-state index in [9.17, 15) is 13.6 Å². The third-order valence-corrected chi connectivity index (χ3v) is 3.30. The van der Waals surface area contributed by atoms with E-state index in [-0.39, 0.29) is 5.69 Å². The first-order valence-electron chi connectivity index (χ1n) is 5.85. The first-order valence-corrected chi connectivity index (χ1v) is 6.60. The molecule has 0 aliphatic rings. The summed E-state index contributed by atoms with van der Waals surface area (Å²) in [5.41, 5.74) is 0.569. The number of rotatable bonds is 3. The van der Waals surface area contributed by atoms with Crippen molar-refractivity contribution in [2.24, 2.45) is 0 Å². The predicted octanol–water partition coefficient (Wildman–Crippen LogP) is 4.92. The van der Waals surface area contributed by atoms with Crippen LogP contribution in [0.2, 0.25) is 10.0 Å². The molecule has 0 aromatic heterocycles. The van der Waals surface area contributed by atoms with Gasteiger partial charge in [-0.3, -0.25) is 4.79 Å². The fourth-order valence-corrected chi connectivity index (χ4v) is 1.86. The van der Waals surface area contributed by atoms with Crippen LogP contribution >= 0.6 is 23.2 Å². The average Bonchev–Trinajstić information content (AvgIpc) is 2.43. The SMILES string of the molecule is O=C(/C=C/c1ccc(Cl)c(Cl)c1)Nc1ccc(F)cc1F. The van der Waals surface area contributed by atoms with Crippen LogP contribution in [0, 0.1) is 11.6 Å². The Balaban J connectivity index is 2.07. The van der Waals surface area contributed by atoms with E-state index in [4.69, 9.17) is 23.2 Å². The van der Waals surface area contributed by atoms with Gasteiger partial charge in [0.1, 0.15) is 11.6 Å². The zero-order chi connectivity index (χ0) is 15.4. The summed E-state index contributed by atoms with van der Waals surface area (Å²) in [6.45, 7) is 0. The van der Waals surface area contributed by atoms with Crippen molar-refractivity contribution in [2.45, 2.75) is 0 Å². The van der Waals surface area contributed by atoms with Gasteiger partial charge in [-0.15, -0.1) is 0 Å². The van der Waals surface area contributed by atoms with Gasteiger partial charge in [0.05, 0.1) is 15.7 Å². The van der Waals surface area contributed by atoms with E-state index in [0.717, 1.165) is 12.1 Å². The number of nitrogens with one attached hydrogen (secondary N) is 1. The highest BCUT2D eigenvalue weighted by Gasteiger charge is 2.05. The summed E-state index contributed by atoms with van der Waals surface area (Å²) < 4.78 is 26.1. The second-order valence-electron chi connectivity index (χ2n) is 4.12. The highest BCUT2D eigenvalue weighted by molar-refractivity contribution is 6.42. The molecule has 1 amide bonds. The molecule has 0 radical (unpaired) electrons. The van der Waals surface area contributed by atoms with Crippen LogP contribution < -0.4 is 5.32 Å². The quantitative estimate of drug-likeness (QED) is 0.796. The molecule has 1 N–H and O–H groups in total. The molecule has 108 valence electrons. The second kappa shape index (κ2) is 6.70. The molecule has 0 saturated carbocycles. The molecule has 0 fully saturated rings. The maximum atomic E-state index is 13.4. The summed E-state index contributed by atoms with van der Waals surface area (Å²) in [4.78, 5) is 11.7. The van der Waals surface area contributed by atoms with Crippen molar-refractivity contribution >= 4 is 40.9 Å². The molecule has 0 aliphatic carbocycles. The Bertz CT molecular complexity index is 717. The topological polar surface area (TPSA) is 29.1 Å². The van der Waals surface area contributed by atoms with Crippen molar-refractivity contribution in [2.75, 3.05) is 5.32 Å². The number of amides is 1. The Kier molecular flexibility index (Phi) is 4.94. The number of halogens is 4. The van der Waals surface area contributed by atoms with Gasteiger partial charge in [0, 0.05) is 12.1 Å². The van der Waals surface area contributed by atoms with Gasteiger partial charge in [-0.1, -0.05) is 29.3 Å². The summed E-state index contributed by atoms with van der Waals surface area (Å²) in [5, 5.41) is 3.08. The summed E-state index contributed by atoms with van der Waals surface area (Å²) >= 11 is 11.6. The molecule has 2 aromatic rings. The fraction of sp³-hybridized carbons (Fsp3) is 0. The first kappa shape index (κ1) is 15.5. The van der Waals surface area contributed by atoms with E-state index in [1.165, 1.54) is 12.2 Å². The predicted molar refractivity (Wildman–Crippen MR) is 80.5 cm³/mol. The Labute approximate surface area is 130 Å². The van der Waals surface area contributed by atoms with E-state index in [1.54, 1.807) is 18.2 Å². The van der Waals surface area contributed by atoms with Crippen molar-refractivity contribution < 1.29 is 13.6 Å². The largest absolute Gasteiger partial charge is 0.320 e. The van der Waals surface area contributed by atoms with Crippen LogP contribution in [0.4, 0.5) is 14.5 Å². The van der Waals surface area contributed by atoms with Crippen molar-refractivity contribution in [1.82, 2.24) is 0 Å². The van der Waals surface area contributed by atoms with Crippen molar-refractivity contribution in [1.29, 1.82) is 0 Å². The molecule has 0 aliphatic heterocycles. The van der Waals surface area contributed by atoms with E-state index < -0.39 is 17.5 Å². The Morgan fingerprint density at radius 1 is 1.05 bits per heavy atom. The number of carbonyl (C=O) groups excluding carboxylic acids is 1. The Hall–Kier alpha value is -1.91. The Morgan fingerprint density at radius 3 is 2.48 bits per heavy atom. The van der Waals surface area contributed by atoms with Crippen LogP contribution in [-0.4, -0.2) is 5.91 Å². The van der Waals surface area contributed by atoms with Gasteiger partial charge in [0.2, 0.25) is 5.91 Å². The minimum atomic E-state index is -0.841. The molecule has 0 bridgehead atoms. The summed E-state index contributed by atoms with van der Waals surface area (Å²) in [5.74, 6) is -2.10. The second-order valence-corrected chi connectivity index (χ2v) is 4.93. The fourth-order valence-electron chi connectivity index (χ4n) is 1.55. The van der Waals surface area contributed by atoms with Crippen molar-refractivity contribution in [3.8, 4) is 0 Å². The summed E-state index contributed by atoms with van der Waals surface area (Å²) in [7, 11) is 0.